The molecule has 0 fully saturated rings. The summed E-state index contributed by atoms with van der Waals surface area (Å²) < 4.78 is 57.4. The zero-order valence-electron chi connectivity index (χ0n) is 20.3. The smallest absolute Gasteiger partial charge is 0.213 e. The topological polar surface area (TPSA) is 126 Å². The van der Waals surface area contributed by atoms with E-state index >= 15 is 0 Å². The van der Waals surface area contributed by atoms with Crippen molar-refractivity contribution in [3.8, 4) is 34.6 Å². The number of halogens is 1. The predicted octanol–water partition coefficient (Wildman–Crippen LogP) is 3.14. The Morgan fingerprint density at radius 1 is 0.919 bits per heavy atom. The maximum atomic E-state index is 13.2. The summed E-state index contributed by atoms with van der Waals surface area (Å²) in [5, 5.41) is 18.9. The van der Waals surface area contributed by atoms with Crippen molar-refractivity contribution < 1.29 is 32.1 Å². The number of sulfone groups is 1. The van der Waals surface area contributed by atoms with Crippen molar-refractivity contribution in [2.45, 2.75) is 11.9 Å². The molecule has 12 heteroatoms. The van der Waals surface area contributed by atoms with Gasteiger partial charge in [0.25, 0.3) is 0 Å². The highest BCUT2D eigenvalue weighted by atomic mass is 32.2. The third-order valence-electron chi connectivity index (χ3n) is 5.53. The van der Waals surface area contributed by atoms with Crippen LogP contribution in [0.15, 0.2) is 60.7 Å². The number of para-hydroxylation sites is 1. The van der Waals surface area contributed by atoms with Crippen molar-refractivity contribution in [2.24, 2.45) is 0 Å². The summed E-state index contributed by atoms with van der Waals surface area (Å²) in [6.45, 7) is 0. The third-order valence-corrected chi connectivity index (χ3v) is 7.05. The van der Waals surface area contributed by atoms with Crippen LogP contribution in [0, 0.1) is 5.82 Å². The fourth-order valence-electron chi connectivity index (χ4n) is 3.79. The van der Waals surface area contributed by atoms with Crippen LogP contribution in [0.25, 0.3) is 17.2 Å². The van der Waals surface area contributed by atoms with Crippen LogP contribution in [0.3, 0.4) is 0 Å². The number of hydrogen-bond acceptors (Lipinski definition) is 9. The standard InChI is InChI=1S/C25H25FN4O6S/c1-34-20-7-5-8-21(35-2)24(20)30-22(28-29-25(30)18-6-4-9-23(27-18)36-3)15-37(32,33)14-19(31)16-10-12-17(26)13-11-16/h4-13,19,31H,14-15H2,1-3H3/t19-/m0/s1. The normalized spacial score (nSPS) is 12.2. The minimum atomic E-state index is -3.94. The first-order valence-electron chi connectivity index (χ1n) is 11.1. The number of ether oxygens (including phenoxy) is 3. The SMILES string of the molecule is COc1cccc(-c2nnc(CS(=O)(=O)C[C@H](O)c3ccc(F)cc3)n2-c2c(OC)cccc2OC)n1. The van der Waals surface area contributed by atoms with Gasteiger partial charge in [-0.2, -0.15) is 0 Å². The van der Waals surface area contributed by atoms with E-state index in [1.54, 1.807) is 36.4 Å². The van der Waals surface area contributed by atoms with Crippen LogP contribution in [0.5, 0.6) is 17.4 Å². The fourth-order valence-corrected chi connectivity index (χ4v) is 5.16. The van der Waals surface area contributed by atoms with Crippen LogP contribution in [-0.2, 0) is 15.6 Å². The van der Waals surface area contributed by atoms with E-state index in [4.69, 9.17) is 14.2 Å². The van der Waals surface area contributed by atoms with Gasteiger partial charge < -0.3 is 19.3 Å². The number of aromatic nitrogens is 4. The molecule has 0 aliphatic carbocycles. The van der Waals surface area contributed by atoms with E-state index < -0.39 is 33.3 Å². The molecule has 10 nitrogen and oxygen atoms in total. The second kappa shape index (κ2) is 10.9. The molecule has 4 aromatic rings. The lowest BCUT2D eigenvalue weighted by Crippen LogP contribution is -2.19. The maximum Gasteiger partial charge on any atom is 0.213 e. The molecule has 0 aliphatic heterocycles. The summed E-state index contributed by atoms with van der Waals surface area (Å²) in [6, 6.07) is 15.2. The highest BCUT2D eigenvalue weighted by Crippen LogP contribution is 2.36. The Balaban J connectivity index is 1.80. The van der Waals surface area contributed by atoms with E-state index in [1.807, 2.05) is 0 Å². The van der Waals surface area contributed by atoms with E-state index in [2.05, 4.69) is 15.2 Å². The lowest BCUT2D eigenvalue weighted by molar-refractivity contribution is 0.201. The summed E-state index contributed by atoms with van der Waals surface area (Å²) >= 11 is 0. The van der Waals surface area contributed by atoms with Gasteiger partial charge in [-0.15, -0.1) is 10.2 Å². The molecule has 2 aromatic heterocycles. The van der Waals surface area contributed by atoms with Gasteiger partial charge in [-0.05, 0) is 35.9 Å². The number of nitrogens with zero attached hydrogens (tertiary/aromatic N) is 4. The van der Waals surface area contributed by atoms with Crippen molar-refractivity contribution >= 4 is 9.84 Å². The molecule has 0 aliphatic rings. The zero-order valence-corrected chi connectivity index (χ0v) is 21.1. The molecule has 37 heavy (non-hydrogen) atoms. The number of methoxy groups -OCH3 is 3. The summed E-state index contributed by atoms with van der Waals surface area (Å²) in [5.41, 5.74) is 1.02. The number of aliphatic hydroxyl groups excluding tert-OH is 1. The van der Waals surface area contributed by atoms with Crippen molar-refractivity contribution in [1.29, 1.82) is 0 Å². The highest BCUT2D eigenvalue weighted by Gasteiger charge is 2.28. The quantitative estimate of drug-likeness (QED) is 0.330. The van der Waals surface area contributed by atoms with Crippen molar-refractivity contribution in [3.63, 3.8) is 0 Å². The van der Waals surface area contributed by atoms with Gasteiger partial charge in [-0.1, -0.05) is 24.3 Å². The van der Waals surface area contributed by atoms with Crippen molar-refractivity contribution in [2.75, 3.05) is 27.1 Å². The molecule has 0 saturated carbocycles. The molecule has 2 aromatic carbocycles. The average Bonchev–Trinajstić information content (AvgIpc) is 3.30. The fraction of sp³-hybridized carbons (Fsp3) is 0.240. The first-order valence-corrected chi connectivity index (χ1v) is 12.9. The predicted molar refractivity (Wildman–Crippen MR) is 133 cm³/mol. The van der Waals surface area contributed by atoms with Crippen LogP contribution < -0.4 is 14.2 Å². The van der Waals surface area contributed by atoms with Gasteiger partial charge in [0, 0.05) is 6.07 Å². The van der Waals surface area contributed by atoms with Crippen LogP contribution in [-0.4, -0.2) is 60.4 Å². The Morgan fingerprint density at radius 3 is 2.19 bits per heavy atom. The van der Waals surface area contributed by atoms with E-state index in [0.717, 1.165) is 12.1 Å². The van der Waals surface area contributed by atoms with Gasteiger partial charge in [0.15, 0.2) is 21.5 Å². The average molecular weight is 529 g/mol. The molecule has 0 unspecified atom stereocenters. The second-order valence-electron chi connectivity index (χ2n) is 7.97. The van der Waals surface area contributed by atoms with Gasteiger partial charge in [-0.25, -0.2) is 17.8 Å². The second-order valence-corrected chi connectivity index (χ2v) is 10.1. The van der Waals surface area contributed by atoms with Gasteiger partial charge in [-0.3, -0.25) is 4.57 Å². The molecule has 1 N–H and O–H groups in total. The summed E-state index contributed by atoms with van der Waals surface area (Å²) in [4.78, 5) is 4.42. The summed E-state index contributed by atoms with van der Waals surface area (Å²) in [6.07, 6.45) is -1.36. The Morgan fingerprint density at radius 2 is 1.57 bits per heavy atom. The Bertz CT molecular complexity index is 1470. The van der Waals surface area contributed by atoms with E-state index in [0.29, 0.717) is 28.8 Å². The number of hydrogen-bond donors (Lipinski definition) is 1. The van der Waals surface area contributed by atoms with Crippen molar-refractivity contribution in [3.05, 3.63) is 77.9 Å². The molecule has 0 bridgehead atoms. The molecule has 0 saturated heterocycles. The zero-order chi connectivity index (χ0) is 26.6. The van der Waals surface area contributed by atoms with E-state index in [-0.39, 0.29) is 17.2 Å². The third kappa shape index (κ3) is 5.70. The molecule has 0 spiro atoms. The first-order chi connectivity index (χ1) is 17.8. The lowest BCUT2D eigenvalue weighted by Gasteiger charge is -2.17. The van der Waals surface area contributed by atoms with Crippen LogP contribution in [0.4, 0.5) is 4.39 Å². The minimum absolute atomic E-state index is 0.0497. The van der Waals surface area contributed by atoms with Gasteiger partial charge in [0.05, 0.1) is 33.2 Å². The number of rotatable bonds is 10. The largest absolute Gasteiger partial charge is 0.494 e. The number of pyridine rings is 1. The van der Waals surface area contributed by atoms with Crippen LogP contribution in [0.2, 0.25) is 0 Å². The molecule has 194 valence electrons. The van der Waals surface area contributed by atoms with Crippen molar-refractivity contribution in [1.82, 2.24) is 19.7 Å². The summed E-state index contributed by atoms with van der Waals surface area (Å²) in [7, 11) is 0.487. The number of benzene rings is 2. The molecule has 0 radical (unpaired) electrons. The lowest BCUT2D eigenvalue weighted by atomic mass is 10.1. The van der Waals surface area contributed by atoms with Gasteiger partial charge >= 0.3 is 0 Å². The first kappa shape index (κ1) is 26.0. The molecular formula is C25H25FN4O6S. The molecule has 1 atom stereocenters. The Hall–Kier alpha value is -4.03. The van der Waals surface area contributed by atoms with E-state index in [1.165, 1.54) is 38.0 Å². The highest BCUT2D eigenvalue weighted by molar-refractivity contribution is 7.90. The van der Waals surface area contributed by atoms with Gasteiger partial charge in [0.1, 0.15) is 34.5 Å². The molecule has 4 rings (SSSR count). The minimum Gasteiger partial charge on any atom is -0.494 e. The van der Waals surface area contributed by atoms with E-state index in [9.17, 15) is 17.9 Å². The Kier molecular flexibility index (Phi) is 7.69. The molecular weight excluding hydrogens is 503 g/mol. The molecule has 0 amide bonds. The number of aliphatic hydroxyl groups is 1. The molecule has 2 heterocycles. The van der Waals surface area contributed by atoms with Crippen LogP contribution in [0.1, 0.15) is 17.5 Å². The van der Waals surface area contributed by atoms with Crippen LogP contribution >= 0.6 is 0 Å². The summed E-state index contributed by atoms with van der Waals surface area (Å²) in [5.74, 6) is -0.293. The Labute approximate surface area is 213 Å². The maximum absolute atomic E-state index is 13.2. The monoisotopic (exact) mass is 528 g/mol. The van der Waals surface area contributed by atoms with Gasteiger partial charge in [0.2, 0.25) is 5.88 Å².